The van der Waals surface area contributed by atoms with Gasteiger partial charge in [0.15, 0.2) is 5.96 Å². The van der Waals surface area contributed by atoms with Crippen LogP contribution in [0.1, 0.15) is 42.1 Å². The second kappa shape index (κ2) is 8.42. The number of hydrogen-bond donors (Lipinski definition) is 2. The Morgan fingerprint density at radius 3 is 2.56 bits per heavy atom. The number of nitrogens with zero attached hydrogens (tertiary/aromatic N) is 2. The van der Waals surface area contributed by atoms with Crippen LogP contribution in [-0.2, 0) is 12.0 Å². The van der Waals surface area contributed by atoms with E-state index in [1.807, 2.05) is 20.0 Å². The molecule has 0 unspecified atom stereocenters. The Morgan fingerprint density at radius 1 is 1.19 bits per heavy atom. The summed E-state index contributed by atoms with van der Waals surface area (Å²) in [5.41, 5.74) is 4.71. The molecule has 5 heteroatoms. The second-order valence-electron chi connectivity index (χ2n) is 7.24. The molecule has 0 atom stereocenters. The van der Waals surface area contributed by atoms with Crippen molar-refractivity contribution >= 4 is 5.96 Å². The van der Waals surface area contributed by atoms with Crippen molar-refractivity contribution in [2.24, 2.45) is 4.99 Å². The standard InChI is InChI=1S/C22H30N4O/c1-5-23-21(25-14-19-17(3)20(27-4)16(2)13-24-19)26-15-22(11-12-22)18-9-7-6-8-10-18/h6-10,13H,5,11-12,14-15H2,1-4H3,(H2,23,25,26). The third-order valence-electron chi connectivity index (χ3n) is 5.31. The molecule has 144 valence electrons. The molecular weight excluding hydrogens is 336 g/mol. The van der Waals surface area contributed by atoms with Crippen molar-refractivity contribution in [3.8, 4) is 5.75 Å². The van der Waals surface area contributed by atoms with Gasteiger partial charge in [0.1, 0.15) is 5.75 Å². The Labute approximate surface area is 162 Å². The molecule has 0 amide bonds. The molecule has 1 aromatic heterocycles. The van der Waals surface area contributed by atoms with E-state index in [0.29, 0.717) is 6.54 Å². The summed E-state index contributed by atoms with van der Waals surface area (Å²) in [5.74, 6) is 1.73. The summed E-state index contributed by atoms with van der Waals surface area (Å²) in [6.45, 7) is 8.38. The van der Waals surface area contributed by atoms with Gasteiger partial charge in [0.2, 0.25) is 0 Å². The maximum absolute atomic E-state index is 5.50. The highest BCUT2D eigenvalue weighted by Crippen LogP contribution is 2.47. The maximum atomic E-state index is 5.50. The molecule has 3 rings (SSSR count). The van der Waals surface area contributed by atoms with Crippen molar-refractivity contribution in [2.75, 3.05) is 20.2 Å². The highest BCUT2D eigenvalue weighted by molar-refractivity contribution is 5.80. The van der Waals surface area contributed by atoms with Gasteiger partial charge in [0.25, 0.3) is 0 Å². The van der Waals surface area contributed by atoms with Crippen LogP contribution in [0.5, 0.6) is 5.75 Å². The average molecular weight is 367 g/mol. The number of guanidine groups is 1. The first kappa shape index (κ1) is 19.2. The van der Waals surface area contributed by atoms with Crippen LogP contribution in [0.15, 0.2) is 41.5 Å². The van der Waals surface area contributed by atoms with E-state index in [1.54, 1.807) is 7.11 Å². The lowest BCUT2D eigenvalue weighted by molar-refractivity contribution is 0.407. The van der Waals surface area contributed by atoms with Gasteiger partial charge in [-0.1, -0.05) is 30.3 Å². The number of aliphatic imine (C=N–C) groups is 1. The van der Waals surface area contributed by atoms with Gasteiger partial charge in [0, 0.05) is 35.8 Å². The van der Waals surface area contributed by atoms with Crippen molar-refractivity contribution in [2.45, 2.75) is 45.6 Å². The molecule has 1 fully saturated rings. The summed E-state index contributed by atoms with van der Waals surface area (Å²) in [7, 11) is 1.70. The van der Waals surface area contributed by atoms with Gasteiger partial charge in [-0.25, -0.2) is 4.99 Å². The molecule has 2 aromatic rings. The molecule has 1 aromatic carbocycles. The Hall–Kier alpha value is -2.56. The van der Waals surface area contributed by atoms with E-state index >= 15 is 0 Å². The predicted molar refractivity (Wildman–Crippen MR) is 110 cm³/mol. The van der Waals surface area contributed by atoms with Crippen LogP contribution in [-0.4, -0.2) is 31.1 Å². The van der Waals surface area contributed by atoms with Crippen LogP contribution in [0, 0.1) is 13.8 Å². The van der Waals surface area contributed by atoms with Crippen molar-refractivity contribution < 1.29 is 4.74 Å². The van der Waals surface area contributed by atoms with Gasteiger partial charge in [-0.15, -0.1) is 0 Å². The van der Waals surface area contributed by atoms with E-state index < -0.39 is 0 Å². The topological polar surface area (TPSA) is 58.5 Å². The van der Waals surface area contributed by atoms with Crippen LogP contribution >= 0.6 is 0 Å². The highest BCUT2D eigenvalue weighted by Gasteiger charge is 2.43. The molecule has 1 aliphatic carbocycles. The smallest absolute Gasteiger partial charge is 0.191 e. The molecule has 5 nitrogen and oxygen atoms in total. The monoisotopic (exact) mass is 366 g/mol. The van der Waals surface area contributed by atoms with Crippen LogP contribution in [0.3, 0.4) is 0 Å². The van der Waals surface area contributed by atoms with Crippen molar-refractivity contribution in [1.29, 1.82) is 0 Å². The van der Waals surface area contributed by atoms with Crippen molar-refractivity contribution in [3.05, 3.63) is 58.9 Å². The van der Waals surface area contributed by atoms with Crippen LogP contribution < -0.4 is 15.4 Å². The molecule has 1 aliphatic rings. The first-order valence-corrected chi connectivity index (χ1v) is 9.66. The fraction of sp³-hybridized carbons (Fsp3) is 0.455. The number of ether oxygens (including phenoxy) is 1. The molecule has 0 radical (unpaired) electrons. The lowest BCUT2D eigenvalue weighted by atomic mass is 9.96. The summed E-state index contributed by atoms with van der Waals surface area (Å²) in [6.07, 6.45) is 4.30. The molecule has 2 N–H and O–H groups in total. The van der Waals surface area contributed by atoms with E-state index in [1.165, 1.54) is 18.4 Å². The van der Waals surface area contributed by atoms with Crippen LogP contribution in [0.4, 0.5) is 0 Å². The minimum absolute atomic E-state index is 0.249. The van der Waals surface area contributed by atoms with E-state index in [0.717, 1.165) is 41.6 Å². The Bertz CT molecular complexity index is 797. The number of pyridine rings is 1. The molecule has 27 heavy (non-hydrogen) atoms. The van der Waals surface area contributed by atoms with Crippen molar-refractivity contribution in [1.82, 2.24) is 15.6 Å². The third-order valence-corrected chi connectivity index (χ3v) is 5.31. The zero-order valence-corrected chi connectivity index (χ0v) is 16.8. The Morgan fingerprint density at radius 2 is 1.93 bits per heavy atom. The minimum Gasteiger partial charge on any atom is -0.496 e. The number of rotatable bonds is 7. The number of methoxy groups -OCH3 is 1. The van der Waals surface area contributed by atoms with E-state index in [9.17, 15) is 0 Å². The first-order valence-electron chi connectivity index (χ1n) is 9.66. The number of nitrogens with one attached hydrogen (secondary N) is 2. The Balaban J connectivity index is 1.69. The average Bonchev–Trinajstić information content (AvgIpc) is 3.47. The molecule has 1 saturated carbocycles. The van der Waals surface area contributed by atoms with Gasteiger partial charge >= 0.3 is 0 Å². The Kier molecular flexibility index (Phi) is 5.99. The maximum Gasteiger partial charge on any atom is 0.191 e. The number of aromatic nitrogens is 1. The zero-order valence-electron chi connectivity index (χ0n) is 16.8. The van der Waals surface area contributed by atoms with E-state index in [4.69, 9.17) is 9.73 Å². The van der Waals surface area contributed by atoms with E-state index in [-0.39, 0.29) is 5.41 Å². The first-order chi connectivity index (χ1) is 13.1. The molecular formula is C22H30N4O. The van der Waals surface area contributed by atoms with Gasteiger partial charge in [-0.3, -0.25) is 4.98 Å². The predicted octanol–water partition coefficient (Wildman–Crippen LogP) is 3.49. The quantitative estimate of drug-likeness (QED) is 0.582. The molecule has 0 spiro atoms. The summed E-state index contributed by atoms with van der Waals surface area (Å²) >= 11 is 0. The van der Waals surface area contributed by atoms with Gasteiger partial charge in [-0.05, 0) is 39.2 Å². The number of hydrogen-bond acceptors (Lipinski definition) is 3. The minimum atomic E-state index is 0.249. The SMILES string of the molecule is CCNC(=NCc1ncc(C)c(OC)c1C)NCC1(c2ccccc2)CC1. The van der Waals surface area contributed by atoms with Crippen molar-refractivity contribution in [3.63, 3.8) is 0 Å². The zero-order chi connectivity index (χ0) is 19.3. The lowest BCUT2D eigenvalue weighted by Crippen LogP contribution is -2.41. The largest absolute Gasteiger partial charge is 0.496 e. The second-order valence-corrected chi connectivity index (χ2v) is 7.24. The molecule has 0 aliphatic heterocycles. The van der Waals surface area contributed by atoms with Crippen LogP contribution in [0.2, 0.25) is 0 Å². The fourth-order valence-corrected chi connectivity index (χ4v) is 3.49. The third kappa shape index (κ3) is 4.41. The van der Waals surface area contributed by atoms with Gasteiger partial charge in [-0.2, -0.15) is 0 Å². The number of aryl methyl sites for hydroxylation is 1. The summed E-state index contributed by atoms with van der Waals surface area (Å²) in [6, 6.07) is 10.8. The van der Waals surface area contributed by atoms with Gasteiger partial charge < -0.3 is 15.4 Å². The fourth-order valence-electron chi connectivity index (χ4n) is 3.49. The summed E-state index contributed by atoms with van der Waals surface area (Å²) in [5, 5.41) is 6.88. The van der Waals surface area contributed by atoms with Crippen LogP contribution in [0.25, 0.3) is 0 Å². The number of benzene rings is 1. The summed E-state index contributed by atoms with van der Waals surface area (Å²) in [4.78, 5) is 9.30. The van der Waals surface area contributed by atoms with Gasteiger partial charge in [0.05, 0.1) is 19.3 Å². The molecule has 1 heterocycles. The molecule has 0 saturated heterocycles. The molecule has 0 bridgehead atoms. The normalized spacial score (nSPS) is 15.3. The summed E-state index contributed by atoms with van der Waals surface area (Å²) < 4.78 is 5.50. The lowest BCUT2D eigenvalue weighted by Gasteiger charge is -2.19. The highest BCUT2D eigenvalue weighted by atomic mass is 16.5. The van der Waals surface area contributed by atoms with E-state index in [2.05, 4.69) is 52.9 Å².